The van der Waals surface area contributed by atoms with Crippen molar-refractivity contribution in [2.45, 2.75) is 20.8 Å². The maximum absolute atomic E-state index is 10.7. The van der Waals surface area contributed by atoms with E-state index in [-0.39, 0.29) is 0 Å². The van der Waals surface area contributed by atoms with Crippen LogP contribution in [0.2, 0.25) is 0 Å². The van der Waals surface area contributed by atoms with Crippen LogP contribution in [0.1, 0.15) is 16.7 Å². The van der Waals surface area contributed by atoms with E-state index in [9.17, 15) is 25.2 Å². The van der Waals surface area contributed by atoms with Crippen molar-refractivity contribution in [2.24, 2.45) is 0 Å². The van der Waals surface area contributed by atoms with Crippen molar-refractivity contribution in [2.75, 3.05) is 0 Å². The Balaban J connectivity index is 0.000000345. The average Bonchev–Trinajstić information content (AvgIpc) is 2.52. The summed E-state index contributed by atoms with van der Waals surface area (Å²) in [6, 6.07) is 21.8. The van der Waals surface area contributed by atoms with E-state index in [0.29, 0.717) is 0 Å². The van der Waals surface area contributed by atoms with Gasteiger partial charge in [-0.15, -0.1) is 0 Å². The molecule has 0 N–H and O–H groups in total. The first-order valence-electron chi connectivity index (χ1n) is 8.23. The summed E-state index contributed by atoms with van der Waals surface area (Å²) < 4.78 is 59.2. The normalized spacial score (nSPS) is 13.8. The van der Waals surface area contributed by atoms with Crippen molar-refractivity contribution >= 4 is 19.1 Å². The average molecular weight is 436 g/mol. The summed E-state index contributed by atoms with van der Waals surface area (Å²) in [5, 5.41) is 0. The second-order valence-corrected chi connectivity index (χ2v) is 9.45. The maximum atomic E-state index is 9.87. The predicted molar refractivity (Wildman–Crippen MR) is 107 cm³/mol. The number of halogens is 6. The van der Waals surface area contributed by atoms with Gasteiger partial charge in [0.15, 0.2) is 0 Å². The Labute approximate surface area is 163 Å². The molecule has 0 saturated carbocycles. The molecule has 0 nitrogen and oxygen atoms in total. The van der Waals surface area contributed by atoms with E-state index in [1.54, 1.807) is 0 Å². The van der Waals surface area contributed by atoms with Crippen molar-refractivity contribution in [3.8, 4) is 20.9 Å². The van der Waals surface area contributed by atoms with Gasteiger partial charge in [-0.05, 0) is 49.6 Å². The van der Waals surface area contributed by atoms with Crippen LogP contribution in [-0.2, 0) is 0 Å². The van der Waals surface area contributed by atoms with Gasteiger partial charge in [0.1, 0.15) is 0 Å². The minimum absolute atomic E-state index is 1.31. The topological polar surface area (TPSA) is 0 Å². The molecule has 1 heterocycles. The molecule has 0 bridgehead atoms. The van der Waals surface area contributed by atoms with Gasteiger partial charge in [-0.25, -0.2) is 0 Å². The van der Waals surface area contributed by atoms with Gasteiger partial charge in [-0.3, -0.25) is 0 Å². The third-order valence-corrected chi connectivity index (χ3v) is 4.87. The Morgan fingerprint density at radius 3 is 1.25 bits per heavy atom. The zero-order valence-electron chi connectivity index (χ0n) is 15.4. The summed E-state index contributed by atoms with van der Waals surface area (Å²) in [4.78, 5) is 2.68. The number of aryl methyl sites for hydroxylation is 3. The molecule has 0 spiro atoms. The fourth-order valence-electron chi connectivity index (χ4n) is 2.60. The van der Waals surface area contributed by atoms with Crippen LogP contribution < -0.4 is 0 Å². The molecule has 8 heteroatoms. The van der Waals surface area contributed by atoms with Gasteiger partial charge in [0.2, 0.25) is 21.1 Å². The zero-order valence-corrected chi connectivity index (χ0v) is 17.1. The Morgan fingerprint density at radius 2 is 0.929 bits per heavy atom. The van der Waals surface area contributed by atoms with Gasteiger partial charge in [-0.1, -0.05) is 36.4 Å². The van der Waals surface area contributed by atoms with Crippen molar-refractivity contribution in [3.63, 3.8) is 0 Å². The molecule has 0 fully saturated rings. The van der Waals surface area contributed by atoms with Crippen LogP contribution in [0.5, 0.6) is 0 Å². The molecule has 0 atom stereocenters. The number of benzene rings is 2. The van der Waals surface area contributed by atoms with Crippen LogP contribution in [0.15, 0.2) is 60.7 Å². The van der Waals surface area contributed by atoms with E-state index in [4.69, 9.17) is 0 Å². The molecule has 0 aliphatic heterocycles. The summed E-state index contributed by atoms with van der Waals surface area (Å²) in [5.74, 6) is 0. The van der Waals surface area contributed by atoms with Crippen LogP contribution in [0.25, 0.3) is 20.9 Å². The van der Waals surface area contributed by atoms with Gasteiger partial charge < -0.3 is 0 Å². The Bertz CT molecular complexity index is 922. The monoisotopic (exact) mass is 436 g/mol. The molecule has 0 saturated heterocycles. The Morgan fingerprint density at radius 1 is 0.607 bits per heavy atom. The molecule has 3 rings (SSSR count). The van der Waals surface area contributed by atoms with E-state index >= 15 is 0 Å². The van der Waals surface area contributed by atoms with Crippen LogP contribution in [-0.4, -0.2) is 0 Å². The number of hydrogen-bond acceptors (Lipinski definition) is 0. The fourth-order valence-corrected chi connectivity index (χ4v) is 4.00. The molecule has 3 aromatic rings. The summed E-state index contributed by atoms with van der Waals surface area (Å²) in [7, 11) is -10.7. The number of rotatable bonds is 2. The first-order chi connectivity index (χ1) is 12.6. The van der Waals surface area contributed by atoms with Gasteiger partial charge in [0.05, 0.1) is 0 Å². The van der Waals surface area contributed by atoms with Gasteiger partial charge in [-0.2, -0.15) is 0 Å². The molecule has 0 aliphatic carbocycles. The van der Waals surface area contributed by atoms with Crippen molar-refractivity contribution in [1.82, 2.24) is 0 Å². The second kappa shape index (κ2) is 7.12. The Kier molecular flexibility index (Phi) is 5.68. The summed E-state index contributed by atoms with van der Waals surface area (Å²) >= 11 is 1.87. The second-order valence-electron chi connectivity index (χ2n) is 6.45. The van der Waals surface area contributed by atoms with Gasteiger partial charge >= 0.3 is 33.0 Å². The predicted octanol–water partition coefficient (Wildman–Crippen LogP) is 9.67. The first-order valence-corrected chi connectivity index (χ1v) is 11.1. The quantitative estimate of drug-likeness (QED) is 0.213. The van der Waals surface area contributed by atoms with E-state index < -0.39 is 7.81 Å². The molecule has 0 radical (unpaired) electrons. The molecule has 2 aromatic carbocycles. The van der Waals surface area contributed by atoms with E-state index in [2.05, 4.69) is 81.4 Å². The standard InChI is InChI=1S/C20H19S.F6P/c1-14-12-19(17-10-6-4-8-15(17)2)21-20(13-14)18-11-7-5-9-16(18)3;1-7(2,3,4,5)6/h4-13H,1-3H3;/q+1;-1. The first kappa shape index (κ1) is 22.3. The molecule has 0 amide bonds. The molecule has 152 valence electrons. The van der Waals surface area contributed by atoms with Crippen LogP contribution in [0, 0.1) is 20.8 Å². The fraction of sp³-hybridized carbons (Fsp3) is 0.150. The summed E-state index contributed by atoms with van der Waals surface area (Å²) in [5.41, 5.74) is 6.64. The van der Waals surface area contributed by atoms with Crippen molar-refractivity contribution < 1.29 is 25.2 Å². The number of hydrogen-bond donors (Lipinski definition) is 0. The SMILES string of the molecule is Cc1cc(-c2ccccc2C)[s+]c(-c2ccccc2C)c1.F[P-](F)(F)(F)(F)F. The van der Waals surface area contributed by atoms with Crippen LogP contribution in [0.4, 0.5) is 25.2 Å². The minimum atomic E-state index is -10.7. The molecule has 1 aromatic heterocycles. The van der Waals surface area contributed by atoms with E-state index in [1.165, 1.54) is 37.6 Å². The van der Waals surface area contributed by atoms with E-state index in [0.717, 1.165) is 0 Å². The molecule has 0 unspecified atom stereocenters. The third-order valence-electron chi connectivity index (χ3n) is 3.76. The van der Waals surface area contributed by atoms with Gasteiger partial charge in [0, 0.05) is 23.3 Å². The molecule has 0 aliphatic rings. The van der Waals surface area contributed by atoms with E-state index in [1.807, 2.05) is 11.3 Å². The summed E-state index contributed by atoms with van der Waals surface area (Å²) in [6.07, 6.45) is 0. The molecular weight excluding hydrogens is 417 g/mol. The van der Waals surface area contributed by atoms with Crippen molar-refractivity contribution in [1.29, 1.82) is 0 Å². The van der Waals surface area contributed by atoms with Crippen LogP contribution >= 0.6 is 19.1 Å². The van der Waals surface area contributed by atoms with Gasteiger partial charge in [0.25, 0.3) is 0 Å². The van der Waals surface area contributed by atoms with Crippen LogP contribution in [0.3, 0.4) is 0 Å². The Hall–Kier alpha value is -1.98. The summed E-state index contributed by atoms with van der Waals surface area (Å²) in [6.45, 7) is 6.53. The van der Waals surface area contributed by atoms with Crippen molar-refractivity contribution in [3.05, 3.63) is 77.4 Å². The molecular formula is C20H19F6PS. The third kappa shape index (κ3) is 7.95. The zero-order chi connectivity index (χ0) is 21.2. The molecule has 28 heavy (non-hydrogen) atoms.